The van der Waals surface area contributed by atoms with Crippen molar-refractivity contribution in [3.63, 3.8) is 0 Å². The highest BCUT2D eigenvalue weighted by molar-refractivity contribution is 5.93. The van der Waals surface area contributed by atoms with Gasteiger partial charge in [-0.15, -0.1) is 0 Å². The molecule has 0 saturated carbocycles. The van der Waals surface area contributed by atoms with E-state index in [1.807, 2.05) is 25.1 Å². The summed E-state index contributed by atoms with van der Waals surface area (Å²) >= 11 is 0. The molecule has 3 aromatic heterocycles. The largest absolute Gasteiger partial charge is 0.372 e. The van der Waals surface area contributed by atoms with Crippen molar-refractivity contribution in [2.75, 3.05) is 13.1 Å². The number of pyridine rings is 2. The normalized spacial score (nSPS) is 17.4. The number of carbonyl (C=O) groups is 1. The fourth-order valence-corrected chi connectivity index (χ4v) is 3.36. The van der Waals surface area contributed by atoms with E-state index in [-0.39, 0.29) is 17.7 Å². The first-order valence-corrected chi connectivity index (χ1v) is 9.06. The average molecular weight is 368 g/mol. The van der Waals surface area contributed by atoms with Crippen LogP contribution in [0.5, 0.6) is 0 Å². The Morgan fingerprint density at radius 2 is 2.26 bits per heavy atom. The molecule has 1 aliphatic rings. The molecule has 0 spiro atoms. The Hall–Kier alpha value is -2.80. The van der Waals surface area contributed by atoms with E-state index in [0.717, 1.165) is 24.0 Å². The van der Waals surface area contributed by atoms with Gasteiger partial charge in [0, 0.05) is 31.7 Å². The molecule has 7 heteroatoms. The summed E-state index contributed by atoms with van der Waals surface area (Å²) in [7, 11) is 0. The van der Waals surface area contributed by atoms with Gasteiger partial charge in [-0.2, -0.15) is 4.39 Å². The van der Waals surface area contributed by atoms with Gasteiger partial charge < -0.3 is 9.64 Å². The molecule has 0 aromatic carbocycles. The van der Waals surface area contributed by atoms with Crippen molar-refractivity contribution in [1.82, 2.24) is 19.3 Å². The van der Waals surface area contributed by atoms with E-state index < -0.39 is 5.95 Å². The Morgan fingerprint density at radius 3 is 3.07 bits per heavy atom. The molecule has 4 heterocycles. The van der Waals surface area contributed by atoms with Gasteiger partial charge in [-0.1, -0.05) is 12.1 Å². The quantitative estimate of drug-likeness (QED) is 0.710. The molecule has 1 fully saturated rings. The zero-order chi connectivity index (χ0) is 18.8. The Balaban J connectivity index is 1.46. The molecule has 1 amide bonds. The molecule has 1 saturated heterocycles. The summed E-state index contributed by atoms with van der Waals surface area (Å²) in [6.45, 7) is 3.33. The molecule has 1 atom stereocenters. The predicted molar refractivity (Wildman–Crippen MR) is 97.8 cm³/mol. The summed E-state index contributed by atoms with van der Waals surface area (Å²) < 4.78 is 22.0. The van der Waals surface area contributed by atoms with E-state index in [0.29, 0.717) is 25.3 Å². The van der Waals surface area contributed by atoms with Crippen LogP contribution in [0.25, 0.3) is 5.65 Å². The number of piperidine rings is 1. The van der Waals surface area contributed by atoms with Gasteiger partial charge in [0.2, 0.25) is 5.95 Å². The van der Waals surface area contributed by atoms with Gasteiger partial charge in [0.15, 0.2) is 5.69 Å². The maximum Gasteiger partial charge on any atom is 0.277 e. The van der Waals surface area contributed by atoms with Crippen LogP contribution in [-0.4, -0.2) is 44.4 Å². The summed E-state index contributed by atoms with van der Waals surface area (Å²) in [5.74, 6) is -0.999. The number of halogens is 1. The van der Waals surface area contributed by atoms with Crippen LogP contribution >= 0.6 is 0 Å². The summed E-state index contributed by atoms with van der Waals surface area (Å²) in [6.07, 6.45) is 6.74. The maximum absolute atomic E-state index is 14.7. The van der Waals surface area contributed by atoms with Crippen molar-refractivity contribution >= 4 is 11.6 Å². The molecule has 27 heavy (non-hydrogen) atoms. The number of aryl methyl sites for hydroxylation is 1. The lowest BCUT2D eigenvalue weighted by atomic mass is 10.1. The monoisotopic (exact) mass is 368 g/mol. The van der Waals surface area contributed by atoms with Gasteiger partial charge in [-0.25, -0.2) is 4.98 Å². The number of nitrogens with zero attached hydrogens (tertiary/aromatic N) is 4. The fraction of sp³-hybridized carbons (Fsp3) is 0.350. The highest BCUT2D eigenvalue weighted by atomic mass is 19.1. The van der Waals surface area contributed by atoms with Crippen molar-refractivity contribution in [2.45, 2.75) is 32.5 Å². The second-order valence-electron chi connectivity index (χ2n) is 6.87. The number of amides is 1. The second kappa shape index (κ2) is 7.44. The third kappa shape index (κ3) is 3.68. The minimum atomic E-state index is -0.614. The number of ether oxygens (including phenoxy) is 1. The summed E-state index contributed by atoms with van der Waals surface area (Å²) in [4.78, 5) is 22.7. The highest BCUT2D eigenvalue weighted by Gasteiger charge is 2.29. The van der Waals surface area contributed by atoms with Gasteiger partial charge in [-0.05, 0) is 43.0 Å². The van der Waals surface area contributed by atoms with E-state index in [4.69, 9.17) is 4.74 Å². The van der Waals surface area contributed by atoms with Crippen LogP contribution in [0.4, 0.5) is 4.39 Å². The van der Waals surface area contributed by atoms with E-state index in [9.17, 15) is 9.18 Å². The zero-order valence-corrected chi connectivity index (χ0v) is 15.1. The summed E-state index contributed by atoms with van der Waals surface area (Å²) in [6, 6.07) is 7.38. The minimum absolute atomic E-state index is 0.0785. The molecule has 0 aliphatic carbocycles. The lowest BCUT2D eigenvalue weighted by molar-refractivity contribution is -0.00709. The lowest BCUT2D eigenvalue weighted by Crippen LogP contribution is -2.43. The molecule has 1 aliphatic heterocycles. The average Bonchev–Trinajstić information content (AvgIpc) is 3.03. The number of likely N-dealkylation sites (tertiary alicyclic amines) is 1. The van der Waals surface area contributed by atoms with Gasteiger partial charge in [-0.3, -0.25) is 14.2 Å². The van der Waals surface area contributed by atoms with E-state index >= 15 is 0 Å². The first kappa shape index (κ1) is 17.6. The number of aromatic nitrogens is 3. The summed E-state index contributed by atoms with van der Waals surface area (Å²) in [5.41, 5.74) is 2.19. The van der Waals surface area contributed by atoms with E-state index in [1.165, 1.54) is 4.40 Å². The van der Waals surface area contributed by atoms with Gasteiger partial charge in [0.1, 0.15) is 5.65 Å². The molecule has 0 N–H and O–H groups in total. The maximum atomic E-state index is 14.7. The molecule has 3 aromatic rings. The number of fused-ring (bicyclic) bond motifs is 1. The molecular formula is C20H21FN4O2. The van der Waals surface area contributed by atoms with Crippen LogP contribution in [0.15, 0.2) is 42.9 Å². The Kier molecular flexibility index (Phi) is 4.85. The smallest absolute Gasteiger partial charge is 0.277 e. The van der Waals surface area contributed by atoms with Gasteiger partial charge in [0.05, 0.1) is 12.7 Å². The third-order valence-corrected chi connectivity index (χ3v) is 4.78. The van der Waals surface area contributed by atoms with Crippen molar-refractivity contribution in [2.24, 2.45) is 0 Å². The first-order chi connectivity index (χ1) is 13.1. The molecule has 1 unspecified atom stereocenters. The van der Waals surface area contributed by atoms with Crippen LogP contribution in [0.3, 0.4) is 0 Å². The Morgan fingerprint density at radius 1 is 1.37 bits per heavy atom. The lowest BCUT2D eigenvalue weighted by Gasteiger charge is -2.32. The SMILES string of the molecule is Cc1ccc2nc(C(=O)N3CCCC(OCc4cccnc4)C3)c(F)n2c1. The van der Waals surface area contributed by atoms with Crippen LogP contribution in [0.2, 0.25) is 0 Å². The number of carbonyl (C=O) groups excluding carboxylic acids is 1. The number of rotatable bonds is 4. The van der Waals surface area contributed by atoms with Crippen LogP contribution in [-0.2, 0) is 11.3 Å². The molecule has 4 rings (SSSR count). The Bertz CT molecular complexity index is 957. The van der Waals surface area contributed by atoms with Crippen molar-refractivity contribution in [3.05, 3.63) is 65.6 Å². The topological polar surface area (TPSA) is 59.7 Å². The van der Waals surface area contributed by atoms with Crippen molar-refractivity contribution in [1.29, 1.82) is 0 Å². The zero-order valence-electron chi connectivity index (χ0n) is 15.1. The van der Waals surface area contributed by atoms with Crippen LogP contribution < -0.4 is 0 Å². The minimum Gasteiger partial charge on any atom is -0.372 e. The second-order valence-corrected chi connectivity index (χ2v) is 6.87. The standard InChI is InChI=1S/C20H21FN4O2/c1-14-6-7-17-23-18(19(21)25(17)11-14)20(26)24-9-3-5-16(12-24)27-13-15-4-2-8-22-10-15/h2,4,6-8,10-11,16H,3,5,9,12-13H2,1H3. The molecule has 140 valence electrons. The third-order valence-electron chi connectivity index (χ3n) is 4.78. The molecular weight excluding hydrogens is 347 g/mol. The van der Waals surface area contributed by atoms with Crippen molar-refractivity contribution in [3.8, 4) is 0 Å². The number of imidazole rings is 1. The number of hydrogen-bond donors (Lipinski definition) is 0. The Labute approximate surface area is 156 Å². The van der Waals surface area contributed by atoms with Crippen molar-refractivity contribution < 1.29 is 13.9 Å². The van der Waals surface area contributed by atoms with Crippen LogP contribution in [0, 0.1) is 12.9 Å². The first-order valence-electron chi connectivity index (χ1n) is 9.06. The van der Waals surface area contributed by atoms with Gasteiger partial charge >= 0.3 is 0 Å². The number of hydrogen-bond acceptors (Lipinski definition) is 4. The van der Waals surface area contributed by atoms with E-state index in [2.05, 4.69) is 9.97 Å². The molecule has 0 bridgehead atoms. The molecule has 6 nitrogen and oxygen atoms in total. The molecule has 0 radical (unpaired) electrons. The summed E-state index contributed by atoms with van der Waals surface area (Å²) in [5, 5.41) is 0. The highest BCUT2D eigenvalue weighted by Crippen LogP contribution is 2.19. The van der Waals surface area contributed by atoms with Crippen LogP contribution in [0.1, 0.15) is 34.5 Å². The van der Waals surface area contributed by atoms with E-state index in [1.54, 1.807) is 29.6 Å². The fourth-order valence-electron chi connectivity index (χ4n) is 3.36. The predicted octanol–water partition coefficient (Wildman–Crippen LogP) is 3.00. The van der Waals surface area contributed by atoms with Gasteiger partial charge in [0.25, 0.3) is 5.91 Å².